The topological polar surface area (TPSA) is 72.7 Å². The van der Waals surface area contributed by atoms with Crippen LogP contribution in [-0.2, 0) is 14.9 Å². The lowest BCUT2D eigenvalue weighted by molar-refractivity contribution is -0.558. The number of hydrogen-bond acceptors (Lipinski definition) is 5. The molecule has 4 rings (SSSR count). The molecule has 0 bridgehead atoms. The molecule has 2 aromatic carbocycles. The van der Waals surface area contributed by atoms with Crippen molar-refractivity contribution < 1.29 is 14.5 Å². The summed E-state index contributed by atoms with van der Waals surface area (Å²) in [6, 6.07) is 18.2. The summed E-state index contributed by atoms with van der Waals surface area (Å²) in [6.45, 7) is 2.78. The smallest absolute Gasteiger partial charge is 0.323 e. The second-order valence-electron chi connectivity index (χ2n) is 8.53. The number of esters is 1. The molecule has 2 aromatic rings. The van der Waals surface area contributed by atoms with Gasteiger partial charge in [0.25, 0.3) is 0 Å². The summed E-state index contributed by atoms with van der Waals surface area (Å²) in [7, 11) is 1.39. The summed E-state index contributed by atoms with van der Waals surface area (Å²) in [5.74, 6) is -0.573. The molecule has 2 fully saturated rings. The molecule has 5 unspecified atom stereocenters. The lowest BCUT2D eigenvalue weighted by Crippen LogP contribution is -2.75. The quantitative estimate of drug-likeness (QED) is 0.428. The Morgan fingerprint density at radius 3 is 2.33 bits per heavy atom. The third kappa shape index (κ3) is 3.19. The Morgan fingerprint density at radius 1 is 1.10 bits per heavy atom. The molecule has 30 heavy (non-hydrogen) atoms. The predicted molar refractivity (Wildman–Crippen MR) is 114 cm³/mol. The van der Waals surface area contributed by atoms with E-state index in [0.717, 1.165) is 24.0 Å². The summed E-state index contributed by atoms with van der Waals surface area (Å²) in [5.41, 5.74) is 1.54. The summed E-state index contributed by atoms with van der Waals surface area (Å²) < 4.78 is 5.07. The second-order valence-corrected chi connectivity index (χ2v) is 8.53. The zero-order valence-electron chi connectivity index (χ0n) is 17.4. The van der Waals surface area contributed by atoms with E-state index in [1.165, 1.54) is 7.11 Å². The minimum absolute atomic E-state index is 0.143. The van der Waals surface area contributed by atoms with Gasteiger partial charge in [-0.15, -0.1) is 0 Å². The normalized spacial score (nSPS) is 31.5. The van der Waals surface area contributed by atoms with Crippen molar-refractivity contribution in [2.75, 3.05) is 13.7 Å². The van der Waals surface area contributed by atoms with Gasteiger partial charge in [-0.05, 0) is 30.5 Å². The van der Waals surface area contributed by atoms with Crippen molar-refractivity contribution in [3.05, 3.63) is 81.9 Å². The van der Waals surface area contributed by atoms with Crippen LogP contribution < -0.4 is 0 Å². The van der Waals surface area contributed by atoms with Crippen molar-refractivity contribution in [1.82, 2.24) is 4.90 Å². The molecular formula is C24H28N2O4. The van der Waals surface area contributed by atoms with Crippen molar-refractivity contribution >= 4 is 5.97 Å². The number of hydrogen-bond donors (Lipinski definition) is 0. The first-order valence-corrected chi connectivity index (χ1v) is 10.6. The van der Waals surface area contributed by atoms with Crippen molar-refractivity contribution in [3.8, 4) is 0 Å². The van der Waals surface area contributed by atoms with Crippen molar-refractivity contribution in [3.63, 3.8) is 0 Å². The van der Waals surface area contributed by atoms with Crippen LogP contribution in [0.25, 0.3) is 0 Å². The van der Waals surface area contributed by atoms with Crippen LogP contribution in [0.3, 0.4) is 0 Å². The van der Waals surface area contributed by atoms with Gasteiger partial charge in [0.1, 0.15) is 6.04 Å². The first-order valence-electron chi connectivity index (χ1n) is 10.6. The third-order valence-corrected chi connectivity index (χ3v) is 7.10. The summed E-state index contributed by atoms with van der Waals surface area (Å²) in [5, 5.41) is 12.3. The van der Waals surface area contributed by atoms with E-state index in [1.54, 1.807) is 0 Å². The highest BCUT2D eigenvalue weighted by molar-refractivity contribution is 5.76. The molecule has 1 saturated carbocycles. The lowest BCUT2D eigenvalue weighted by atomic mass is 9.48. The molecule has 1 saturated heterocycles. The van der Waals surface area contributed by atoms with Gasteiger partial charge in [-0.1, -0.05) is 74.0 Å². The van der Waals surface area contributed by atoms with Crippen molar-refractivity contribution in [2.24, 2.45) is 0 Å². The highest BCUT2D eigenvalue weighted by Crippen LogP contribution is 2.58. The first kappa shape index (κ1) is 20.5. The monoisotopic (exact) mass is 408 g/mol. The number of nitro groups is 1. The molecule has 1 aliphatic carbocycles. The minimum Gasteiger partial charge on any atom is -0.468 e. The average Bonchev–Trinajstić information content (AvgIpc) is 2.78. The summed E-state index contributed by atoms with van der Waals surface area (Å²) in [6.07, 6.45) is 2.53. The Labute approximate surface area is 177 Å². The Bertz CT molecular complexity index is 904. The van der Waals surface area contributed by atoms with Crippen LogP contribution in [0.4, 0.5) is 0 Å². The van der Waals surface area contributed by atoms with Gasteiger partial charge in [-0.25, -0.2) is 0 Å². The standard InChI is InChI=1S/C24H28N2O4/c1-24(18-13-7-4-8-14-18)20(17-11-5-3-6-12-17)21(26(28)29)22(24)25-16-10-9-15-19(25)23(27)30-2/h3-8,11-14,19-22H,9-10,15-16H2,1-2H3. The van der Waals surface area contributed by atoms with Gasteiger partial charge in [0, 0.05) is 10.3 Å². The van der Waals surface area contributed by atoms with Crippen LogP contribution >= 0.6 is 0 Å². The molecule has 1 aliphatic heterocycles. The van der Waals surface area contributed by atoms with Crippen molar-refractivity contribution in [1.29, 1.82) is 0 Å². The molecule has 0 N–H and O–H groups in total. The minimum atomic E-state index is -0.789. The molecule has 1 heterocycles. The van der Waals surface area contributed by atoms with E-state index in [-0.39, 0.29) is 22.9 Å². The molecule has 158 valence electrons. The number of likely N-dealkylation sites (tertiary alicyclic amines) is 1. The molecule has 0 aromatic heterocycles. The molecule has 0 spiro atoms. The molecule has 6 nitrogen and oxygen atoms in total. The first-order chi connectivity index (χ1) is 14.5. The Hall–Kier alpha value is -2.73. The fraction of sp³-hybridized carbons (Fsp3) is 0.458. The molecule has 5 atom stereocenters. The molecule has 0 amide bonds. The number of ether oxygens (including phenoxy) is 1. The zero-order chi connectivity index (χ0) is 21.3. The van der Waals surface area contributed by atoms with E-state index in [2.05, 4.69) is 24.0 Å². The van der Waals surface area contributed by atoms with E-state index < -0.39 is 17.5 Å². The van der Waals surface area contributed by atoms with Crippen LogP contribution in [0, 0.1) is 10.1 Å². The number of nitrogens with zero attached hydrogens (tertiary/aromatic N) is 2. The van der Waals surface area contributed by atoms with E-state index in [0.29, 0.717) is 13.0 Å². The molecule has 2 aliphatic rings. The Kier molecular flexibility index (Phi) is 5.60. The van der Waals surface area contributed by atoms with Crippen LogP contribution in [0.2, 0.25) is 0 Å². The highest BCUT2D eigenvalue weighted by Gasteiger charge is 2.69. The van der Waals surface area contributed by atoms with Gasteiger partial charge >= 0.3 is 5.97 Å². The van der Waals surface area contributed by atoms with E-state index >= 15 is 0 Å². The third-order valence-electron chi connectivity index (χ3n) is 7.10. The fourth-order valence-corrected chi connectivity index (χ4v) is 5.76. The Balaban J connectivity index is 1.84. The zero-order valence-corrected chi connectivity index (χ0v) is 17.4. The number of benzene rings is 2. The van der Waals surface area contributed by atoms with E-state index in [1.807, 2.05) is 48.5 Å². The van der Waals surface area contributed by atoms with E-state index in [4.69, 9.17) is 4.74 Å². The number of piperidine rings is 1. The van der Waals surface area contributed by atoms with E-state index in [9.17, 15) is 14.9 Å². The summed E-state index contributed by atoms with van der Waals surface area (Å²) >= 11 is 0. The van der Waals surface area contributed by atoms with Gasteiger partial charge in [-0.3, -0.25) is 19.8 Å². The maximum absolute atomic E-state index is 12.6. The number of methoxy groups -OCH3 is 1. The van der Waals surface area contributed by atoms with Crippen LogP contribution in [0.5, 0.6) is 0 Å². The van der Waals surface area contributed by atoms with Gasteiger partial charge in [-0.2, -0.15) is 0 Å². The highest BCUT2D eigenvalue weighted by atomic mass is 16.6. The van der Waals surface area contributed by atoms with Crippen LogP contribution in [0.15, 0.2) is 60.7 Å². The summed E-state index contributed by atoms with van der Waals surface area (Å²) in [4.78, 5) is 26.8. The number of carbonyl (C=O) groups is 1. The van der Waals surface area contributed by atoms with Gasteiger partial charge in [0.2, 0.25) is 6.04 Å². The largest absolute Gasteiger partial charge is 0.468 e. The van der Waals surface area contributed by atoms with Gasteiger partial charge < -0.3 is 4.74 Å². The maximum Gasteiger partial charge on any atom is 0.323 e. The van der Waals surface area contributed by atoms with Gasteiger partial charge in [0.15, 0.2) is 0 Å². The van der Waals surface area contributed by atoms with Crippen LogP contribution in [-0.4, -0.2) is 47.6 Å². The van der Waals surface area contributed by atoms with Crippen LogP contribution in [0.1, 0.15) is 43.2 Å². The molecule has 0 radical (unpaired) electrons. The molecular weight excluding hydrogens is 380 g/mol. The number of carbonyl (C=O) groups excluding carboxylic acids is 1. The van der Waals surface area contributed by atoms with Gasteiger partial charge in [0.05, 0.1) is 19.1 Å². The molecule has 6 heteroatoms. The predicted octanol–water partition coefficient (Wildman–Crippen LogP) is 3.78. The average molecular weight is 408 g/mol. The second kappa shape index (κ2) is 8.19. The lowest BCUT2D eigenvalue weighted by Gasteiger charge is -2.60. The number of rotatable bonds is 5. The SMILES string of the molecule is COC(=O)C1CCCCN1C1C([N+](=O)[O-])C(c2ccccc2)C1(C)c1ccccc1. The van der Waals surface area contributed by atoms with Crippen molar-refractivity contribution in [2.45, 2.75) is 55.6 Å². The Morgan fingerprint density at radius 2 is 1.73 bits per heavy atom. The maximum atomic E-state index is 12.6. The fourth-order valence-electron chi connectivity index (χ4n) is 5.76.